The van der Waals surface area contributed by atoms with E-state index in [0.29, 0.717) is 5.69 Å². The highest BCUT2D eigenvalue weighted by molar-refractivity contribution is 6.06. The second kappa shape index (κ2) is 7.57. The van der Waals surface area contributed by atoms with Gasteiger partial charge >= 0.3 is 6.03 Å². The van der Waals surface area contributed by atoms with Crippen LogP contribution in [0.15, 0.2) is 23.1 Å². The highest BCUT2D eigenvalue weighted by atomic mass is 16.3. The number of imide groups is 1. The van der Waals surface area contributed by atoms with Crippen molar-refractivity contribution in [3.8, 4) is 0 Å². The van der Waals surface area contributed by atoms with Gasteiger partial charge in [-0.3, -0.25) is 24.1 Å². The molecule has 118 valence electrons. The van der Waals surface area contributed by atoms with E-state index >= 15 is 0 Å². The van der Waals surface area contributed by atoms with E-state index in [4.69, 9.17) is 9.90 Å². The quantitative estimate of drug-likeness (QED) is 0.478. The van der Waals surface area contributed by atoms with Crippen molar-refractivity contribution in [1.82, 2.24) is 14.8 Å². The summed E-state index contributed by atoms with van der Waals surface area (Å²) in [6.07, 6.45) is 1.39. The number of amides is 4. The van der Waals surface area contributed by atoms with Crippen LogP contribution in [0, 0.1) is 0 Å². The van der Waals surface area contributed by atoms with Crippen molar-refractivity contribution < 1.29 is 24.3 Å². The van der Waals surface area contributed by atoms with E-state index < -0.39 is 17.8 Å². The number of rotatable bonds is 3. The smallest absolute Gasteiger partial charge is 0.327 e. The van der Waals surface area contributed by atoms with E-state index in [0.717, 1.165) is 4.90 Å². The van der Waals surface area contributed by atoms with Gasteiger partial charge in [0.05, 0.1) is 0 Å². The predicted octanol–water partition coefficient (Wildman–Crippen LogP) is -1.09. The molecular weight excluding hydrogens is 296 g/mol. The summed E-state index contributed by atoms with van der Waals surface area (Å²) in [5.74, 6) is -0.962. The summed E-state index contributed by atoms with van der Waals surface area (Å²) in [5.41, 5.74) is -0.0490. The molecule has 1 fully saturated rings. The van der Waals surface area contributed by atoms with Gasteiger partial charge < -0.3 is 20.3 Å². The summed E-state index contributed by atoms with van der Waals surface area (Å²) in [6.45, 7) is -0.647. The molecule has 3 N–H and O–H groups in total. The number of carboxylic acid groups (broad SMARTS) is 1. The number of carbonyl (C=O) groups is 4. The maximum Gasteiger partial charge on any atom is 0.327 e. The van der Waals surface area contributed by atoms with Crippen molar-refractivity contribution in [3.63, 3.8) is 0 Å². The van der Waals surface area contributed by atoms with Gasteiger partial charge in [0.2, 0.25) is 11.5 Å². The van der Waals surface area contributed by atoms with Crippen LogP contribution in [0.25, 0.3) is 0 Å². The van der Waals surface area contributed by atoms with Crippen LogP contribution in [0.2, 0.25) is 0 Å². The van der Waals surface area contributed by atoms with Crippen molar-refractivity contribution in [2.45, 2.75) is 0 Å². The monoisotopic (exact) mass is 310 g/mol. The second-order valence-electron chi connectivity index (χ2n) is 4.21. The van der Waals surface area contributed by atoms with Crippen LogP contribution in [0.4, 0.5) is 10.5 Å². The topological polar surface area (TPSA) is 140 Å². The minimum absolute atomic E-state index is 0.0306. The first-order chi connectivity index (χ1) is 10.4. The number of pyridine rings is 1. The van der Waals surface area contributed by atoms with Crippen LogP contribution in [0.3, 0.4) is 0 Å². The van der Waals surface area contributed by atoms with E-state index in [1.807, 2.05) is 0 Å². The largest absolute Gasteiger partial charge is 0.483 e. The zero-order valence-electron chi connectivity index (χ0n) is 11.6. The molecule has 0 radical (unpaired) electrons. The minimum atomic E-state index is -0.539. The molecule has 0 saturated carbocycles. The number of H-pyrrole nitrogens is 1. The molecule has 1 aromatic rings. The highest BCUT2D eigenvalue weighted by Crippen LogP contribution is 2.08. The Morgan fingerprint density at radius 1 is 1.45 bits per heavy atom. The Morgan fingerprint density at radius 2 is 2.09 bits per heavy atom. The van der Waals surface area contributed by atoms with Gasteiger partial charge in [0.15, 0.2) is 0 Å². The lowest BCUT2D eigenvalue weighted by molar-refractivity contribution is -0.129. The molecule has 10 nitrogen and oxygen atoms in total. The van der Waals surface area contributed by atoms with E-state index in [9.17, 15) is 19.2 Å². The summed E-state index contributed by atoms with van der Waals surface area (Å²) in [7, 11) is 1.48. The molecule has 0 atom stereocenters. The Bertz CT molecular complexity index is 641. The van der Waals surface area contributed by atoms with E-state index in [1.165, 1.54) is 30.3 Å². The summed E-state index contributed by atoms with van der Waals surface area (Å²) >= 11 is 0. The summed E-state index contributed by atoms with van der Waals surface area (Å²) in [6, 6.07) is 2.20. The third-order valence-corrected chi connectivity index (χ3v) is 2.59. The number of hydrogen-bond donors (Lipinski definition) is 3. The second-order valence-corrected chi connectivity index (χ2v) is 4.21. The Labute approximate surface area is 124 Å². The number of anilines is 1. The molecule has 22 heavy (non-hydrogen) atoms. The number of nitrogens with zero attached hydrogens (tertiary/aromatic N) is 2. The fourth-order valence-corrected chi connectivity index (χ4v) is 1.69. The van der Waals surface area contributed by atoms with Crippen molar-refractivity contribution in [2.75, 3.05) is 25.5 Å². The summed E-state index contributed by atoms with van der Waals surface area (Å²) in [4.78, 5) is 58.6. The first kappa shape index (κ1) is 16.9. The Kier molecular flexibility index (Phi) is 5.81. The van der Waals surface area contributed by atoms with Gasteiger partial charge in [-0.1, -0.05) is 0 Å². The van der Waals surface area contributed by atoms with Crippen molar-refractivity contribution in [1.29, 1.82) is 0 Å². The number of aromatic nitrogens is 1. The molecule has 2 rings (SSSR count). The Balaban J connectivity index is 0.000000745. The molecule has 1 aliphatic heterocycles. The van der Waals surface area contributed by atoms with Crippen LogP contribution < -0.4 is 10.9 Å². The Hall–Kier alpha value is -3.17. The number of hydrogen-bond acceptors (Lipinski definition) is 5. The maximum absolute atomic E-state index is 11.7. The molecule has 0 aliphatic carbocycles. The fraction of sp³-hybridized carbons (Fsp3) is 0.250. The van der Waals surface area contributed by atoms with Crippen molar-refractivity contribution >= 4 is 30.0 Å². The minimum Gasteiger partial charge on any atom is -0.483 e. The van der Waals surface area contributed by atoms with Crippen molar-refractivity contribution in [2.24, 2.45) is 0 Å². The standard InChI is InChI=1S/C11H12N4O4.CH2O2/c1-14-6-10(18)15(11(14)19)5-9(17)13-7-2-3-12-8(16)4-7;2-1-3/h2-4H,5-6H2,1H3,(H2,12,13,16,17);1H,(H,2,3). The van der Waals surface area contributed by atoms with Gasteiger partial charge in [-0.2, -0.15) is 0 Å². The molecule has 1 aliphatic rings. The zero-order chi connectivity index (χ0) is 16.7. The average Bonchev–Trinajstić information content (AvgIpc) is 2.66. The molecule has 2 heterocycles. The predicted molar refractivity (Wildman–Crippen MR) is 74.1 cm³/mol. The zero-order valence-corrected chi connectivity index (χ0v) is 11.6. The lowest BCUT2D eigenvalue weighted by Gasteiger charge is -2.13. The number of aromatic amines is 1. The first-order valence-electron chi connectivity index (χ1n) is 6.01. The van der Waals surface area contributed by atoms with E-state index in [1.54, 1.807) is 0 Å². The lowest BCUT2D eigenvalue weighted by atomic mass is 10.4. The first-order valence-corrected chi connectivity index (χ1v) is 6.01. The summed E-state index contributed by atoms with van der Waals surface area (Å²) < 4.78 is 0. The molecule has 10 heteroatoms. The van der Waals surface area contributed by atoms with Gasteiger partial charge in [-0.05, 0) is 6.07 Å². The molecule has 1 saturated heterocycles. The number of urea groups is 1. The lowest BCUT2D eigenvalue weighted by Crippen LogP contribution is -2.38. The third-order valence-electron chi connectivity index (χ3n) is 2.59. The maximum atomic E-state index is 11.7. The third kappa shape index (κ3) is 4.44. The number of likely N-dealkylation sites (N-methyl/N-ethyl adjacent to an activating group) is 1. The number of nitrogens with one attached hydrogen (secondary N) is 2. The highest BCUT2D eigenvalue weighted by Gasteiger charge is 2.34. The molecule has 1 aromatic heterocycles. The van der Waals surface area contributed by atoms with Gasteiger partial charge in [0.1, 0.15) is 13.1 Å². The van der Waals surface area contributed by atoms with Gasteiger partial charge in [0.25, 0.3) is 12.4 Å². The molecule has 4 amide bonds. The van der Waals surface area contributed by atoms with E-state index in [-0.39, 0.29) is 25.1 Å². The normalized spacial score (nSPS) is 13.5. The van der Waals surface area contributed by atoms with Gasteiger partial charge in [-0.25, -0.2) is 4.79 Å². The van der Waals surface area contributed by atoms with Crippen LogP contribution in [-0.4, -0.2) is 64.3 Å². The summed E-state index contributed by atoms with van der Waals surface area (Å²) in [5, 5.41) is 9.33. The fourth-order valence-electron chi connectivity index (χ4n) is 1.69. The SMILES string of the molecule is CN1CC(=O)N(CC(=O)Nc2cc[nH]c(=O)c2)C1=O.O=CO. The van der Waals surface area contributed by atoms with Gasteiger partial charge in [-0.15, -0.1) is 0 Å². The molecule has 0 spiro atoms. The van der Waals surface area contributed by atoms with Crippen LogP contribution >= 0.6 is 0 Å². The number of carbonyl (C=O) groups excluding carboxylic acids is 3. The molecule has 0 aromatic carbocycles. The van der Waals surface area contributed by atoms with E-state index in [2.05, 4.69) is 10.3 Å². The van der Waals surface area contributed by atoms with Gasteiger partial charge in [0, 0.05) is 25.0 Å². The van der Waals surface area contributed by atoms with Crippen molar-refractivity contribution in [3.05, 3.63) is 28.7 Å². The Morgan fingerprint density at radius 3 is 2.59 bits per heavy atom. The van der Waals surface area contributed by atoms with Crippen LogP contribution in [0.1, 0.15) is 0 Å². The van der Waals surface area contributed by atoms with Crippen LogP contribution in [-0.2, 0) is 14.4 Å². The van der Waals surface area contributed by atoms with Crippen LogP contribution in [0.5, 0.6) is 0 Å². The average molecular weight is 310 g/mol. The molecular formula is C12H14N4O6. The molecule has 0 unspecified atom stereocenters. The molecule has 0 bridgehead atoms.